The summed E-state index contributed by atoms with van der Waals surface area (Å²) >= 11 is 1.82. The molecule has 4 heteroatoms. The normalized spacial score (nSPS) is 27.7. The fourth-order valence-electron chi connectivity index (χ4n) is 2.62. The van der Waals surface area contributed by atoms with Crippen LogP contribution in [0.3, 0.4) is 0 Å². The molecule has 92 valence electrons. The maximum absolute atomic E-state index is 12.2. The van der Waals surface area contributed by atoms with Crippen LogP contribution in [-0.4, -0.2) is 41.6 Å². The second-order valence-electron chi connectivity index (χ2n) is 4.87. The molecule has 1 aliphatic carbocycles. The number of amides is 1. The minimum absolute atomic E-state index is 0.0678. The zero-order valence-corrected chi connectivity index (χ0v) is 10.9. The fraction of sp³-hybridized carbons (Fsp3) is 0.917. The molecular weight excluding hydrogens is 220 g/mol. The van der Waals surface area contributed by atoms with Crippen molar-refractivity contribution in [3.8, 4) is 0 Å². The van der Waals surface area contributed by atoms with E-state index < -0.39 is 0 Å². The Kier molecular flexibility index (Phi) is 4.53. The Balaban J connectivity index is 1.88. The van der Waals surface area contributed by atoms with Crippen molar-refractivity contribution in [2.75, 3.05) is 18.7 Å². The van der Waals surface area contributed by atoms with E-state index in [0.717, 1.165) is 11.6 Å². The summed E-state index contributed by atoms with van der Waals surface area (Å²) < 4.78 is 0. The van der Waals surface area contributed by atoms with Gasteiger partial charge in [-0.25, -0.2) is 0 Å². The molecule has 1 heterocycles. The average molecular weight is 242 g/mol. The van der Waals surface area contributed by atoms with Crippen molar-refractivity contribution in [2.24, 2.45) is 0 Å². The molecule has 0 radical (unpaired) electrons. The minimum Gasteiger partial charge on any atom is -0.341 e. The van der Waals surface area contributed by atoms with Gasteiger partial charge in [-0.05, 0) is 12.8 Å². The summed E-state index contributed by atoms with van der Waals surface area (Å²) in [4.78, 5) is 14.2. The van der Waals surface area contributed by atoms with Gasteiger partial charge in [0.25, 0.3) is 0 Å². The van der Waals surface area contributed by atoms with E-state index in [1.54, 1.807) is 0 Å². The van der Waals surface area contributed by atoms with E-state index in [4.69, 9.17) is 0 Å². The third-order valence-electron chi connectivity index (χ3n) is 3.73. The number of nitrogens with one attached hydrogen (secondary N) is 1. The van der Waals surface area contributed by atoms with Crippen molar-refractivity contribution < 1.29 is 4.79 Å². The Morgan fingerprint density at radius 1 is 1.25 bits per heavy atom. The Bertz CT molecular complexity index is 233. The van der Waals surface area contributed by atoms with Crippen LogP contribution in [0.4, 0.5) is 0 Å². The monoisotopic (exact) mass is 242 g/mol. The molecule has 2 aliphatic rings. The Morgan fingerprint density at radius 3 is 2.50 bits per heavy atom. The maximum atomic E-state index is 12.2. The van der Waals surface area contributed by atoms with Crippen LogP contribution < -0.4 is 5.32 Å². The number of nitrogens with zero attached hydrogens (tertiary/aromatic N) is 1. The lowest BCUT2D eigenvalue weighted by atomic mass is 10.1. The minimum atomic E-state index is 0.0678. The summed E-state index contributed by atoms with van der Waals surface area (Å²) in [5.74, 6) is 2.17. The number of rotatable bonds is 2. The first-order valence-corrected chi connectivity index (χ1v) is 7.52. The molecule has 2 rings (SSSR count). The Labute approximate surface area is 102 Å². The van der Waals surface area contributed by atoms with E-state index >= 15 is 0 Å². The van der Waals surface area contributed by atoms with Crippen molar-refractivity contribution >= 4 is 17.7 Å². The van der Waals surface area contributed by atoms with Crippen molar-refractivity contribution in [2.45, 2.75) is 50.6 Å². The highest BCUT2D eigenvalue weighted by Gasteiger charge is 2.29. The highest BCUT2D eigenvalue weighted by molar-refractivity contribution is 7.99. The molecule has 1 N–H and O–H groups in total. The van der Waals surface area contributed by atoms with Gasteiger partial charge in [0.05, 0.1) is 6.04 Å². The van der Waals surface area contributed by atoms with Crippen LogP contribution >= 0.6 is 11.8 Å². The predicted molar refractivity (Wildman–Crippen MR) is 68.5 cm³/mol. The topological polar surface area (TPSA) is 32.3 Å². The molecule has 0 aromatic heterocycles. The van der Waals surface area contributed by atoms with Gasteiger partial charge >= 0.3 is 0 Å². The smallest absolute Gasteiger partial charge is 0.240 e. The molecule has 0 aromatic rings. The number of carbonyl (C=O) groups is 1. The second kappa shape index (κ2) is 5.92. The standard InChI is InChI=1S/C12H22N2OS/c1-14(10-6-4-2-3-5-7-10)12(15)11-8-16-9-13-11/h10-11,13H,2-9H2,1H3. The fourth-order valence-corrected chi connectivity index (χ4v) is 3.56. The van der Waals surface area contributed by atoms with Gasteiger partial charge in [-0.3, -0.25) is 10.1 Å². The number of hydrogen-bond donors (Lipinski definition) is 1. The van der Waals surface area contributed by atoms with E-state index in [1.807, 2.05) is 23.7 Å². The van der Waals surface area contributed by atoms with Crippen molar-refractivity contribution in [1.82, 2.24) is 10.2 Å². The van der Waals surface area contributed by atoms with E-state index in [-0.39, 0.29) is 6.04 Å². The molecule has 0 aromatic carbocycles. The molecule has 1 unspecified atom stereocenters. The van der Waals surface area contributed by atoms with Crippen molar-refractivity contribution in [3.63, 3.8) is 0 Å². The molecule has 1 saturated heterocycles. The van der Waals surface area contributed by atoms with E-state index in [1.165, 1.54) is 38.5 Å². The lowest BCUT2D eigenvalue weighted by molar-refractivity contribution is -0.133. The molecule has 0 spiro atoms. The molecule has 1 atom stereocenters. The largest absolute Gasteiger partial charge is 0.341 e. The molecule has 3 nitrogen and oxygen atoms in total. The van der Waals surface area contributed by atoms with Crippen LogP contribution in [0, 0.1) is 0 Å². The molecule has 1 saturated carbocycles. The zero-order chi connectivity index (χ0) is 11.4. The van der Waals surface area contributed by atoms with Crippen molar-refractivity contribution in [1.29, 1.82) is 0 Å². The van der Waals surface area contributed by atoms with Crippen LogP contribution in [0.5, 0.6) is 0 Å². The van der Waals surface area contributed by atoms with E-state index in [9.17, 15) is 4.79 Å². The van der Waals surface area contributed by atoms with E-state index in [2.05, 4.69) is 5.32 Å². The van der Waals surface area contributed by atoms with Crippen LogP contribution in [0.1, 0.15) is 38.5 Å². The van der Waals surface area contributed by atoms with Crippen LogP contribution in [-0.2, 0) is 4.79 Å². The van der Waals surface area contributed by atoms with Crippen molar-refractivity contribution in [3.05, 3.63) is 0 Å². The predicted octanol–water partition coefficient (Wildman–Crippen LogP) is 1.83. The van der Waals surface area contributed by atoms with Crippen LogP contribution in [0.2, 0.25) is 0 Å². The second-order valence-corrected chi connectivity index (χ2v) is 5.90. The van der Waals surface area contributed by atoms with Gasteiger partial charge < -0.3 is 4.90 Å². The number of carbonyl (C=O) groups excluding carboxylic acids is 1. The zero-order valence-electron chi connectivity index (χ0n) is 10.1. The SMILES string of the molecule is CN(C(=O)C1CSCN1)C1CCCCCC1. The molecule has 0 bridgehead atoms. The van der Waals surface area contributed by atoms with Gasteiger partial charge in [0.2, 0.25) is 5.91 Å². The third-order valence-corrected chi connectivity index (χ3v) is 4.67. The Hall–Kier alpha value is -0.220. The van der Waals surface area contributed by atoms with Gasteiger partial charge in [0.15, 0.2) is 0 Å². The lowest BCUT2D eigenvalue weighted by Gasteiger charge is -2.29. The molecule has 1 amide bonds. The summed E-state index contributed by atoms with van der Waals surface area (Å²) in [6, 6.07) is 0.556. The highest BCUT2D eigenvalue weighted by Crippen LogP contribution is 2.22. The maximum Gasteiger partial charge on any atom is 0.240 e. The van der Waals surface area contributed by atoms with Crippen LogP contribution in [0.15, 0.2) is 0 Å². The molecular formula is C12H22N2OS. The number of hydrogen-bond acceptors (Lipinski definition) is 3. The summed E-state index contributed by atoms with van der Waals surface area (Å²) in [7, 11) is 1.99. The van der Waals surface area contributed by atoms with Gasteiger partial charge in [0, 0.05) is 24.7 Å². The van der Waals surface area contributed by atoms with Gasteiger partial charge in [-0.15, -0.1) is 11.8 Å². The number of likely N-dealkylation sites (N-methyl/N-ethyl adjacent to an activating group) is 1. The first-order chi connectivity index (χ1) is 7.79. The van der Waals surface area contributed by atoms with Gasteiger partial charge in [0.1, 0.15) is 0 Å². The Morgan fingerprint density at radius 2 is 1.94 bits per heavy atom. The van der Waals surface area contributed by atoms with Gasteiger partial charge in [-0.1, -0.05) is 25.7 Å². The van der Waals surface area contributed by atoms with Crippen LogP contribution in [0.25, 0.3) is 0 Å². The summed E-state index contributed by atoms with van der Waals surface area (Å²) in [5.41, 5.74) is 0. The lowest BCUT2D eigenvalue weighted by Crippen LogP contribution is -2.47. The summed E-state index contributed by atoms with van der Waals surface area (Å²) in [5, 5.41) is 3.26. The number of thioether (sulfide) groups is 1. The van der Waals surface area contributed by atoms with E-state index in [0.29, 0.717) is 11.9 Å². The average Bonchev–Trinajstić information content (AvgIpc) is 2.70. The first kappa shape index (κ1) is 12.2. The summed E-state index contributed by atoms with van der Waals surface area (Å²) in [6.07, 6.45) is 7.65. The molecule has 16 heavy (non-hydrogen) atoms. The summed E-state index contributed by atoms with van der Waals surface area (Å²) in [6.45, 7) is 0. The third kappa shape index (κ3) is 2.92. The highest BCUT2D eigenvalue weighted by atomic mass is 32.2. The quantitative estimate of drug-likeness (QED) is 0.750. The first-order valence-electron chi connectivity index (χ1n) is 6.37. The molecule has 1 aliphatic heterocycles. The molecule has 2 fully saturated rings. The van der Waals surface area contributed by atoms with Gasteiger partial charge in [-0.2, -0.15) is 0 Å².